The van der Waals surface area contributed by atoms with Crippen LogP contribution in [0.25, 0.3) is 31.7 Å². The molecule has 31 heavy (non-hydrogen) atoms. The number of rotatable bonds is 3. The Hall–Kier alpha value is -2.36. The molecule has 0 saturated carbocycles. The van der Waals surface area contributed by atoms with Gasteiger partial charge in [-0.2, -0.15) is 0 Å². The van der Waals surface area contributed by atoms with E-state index in [9.17, 15) is 0 Å². The smallest absolute Gasteiger partial charge is 0.358 e. The molecule has 1 N–H and O–H groups in total. The molecular weight excluding hydrogens is 449 g/mol. The molecule has 2 aliphatic heterocycles. The Morgan fingerprint density at radius 1 is 1.13 bits per heavy atom. The van der Waals surface area contributed by atoms with E-state index < -0.39 is 0 Å². The molecule has 2 aromatic rings. The van der Waals surface area contributed by atoms with Crippen molar-refractivity contribution in [3.8, 4) is 33.1 Å². The molecule has 0 fully saturated rings. The first-order valence-corrected chi connectivity index (χ1v) is 11.3. The van der Waals surface area contributed by atoms with E-state index in [0.29, 0.717) is 6.61 Å². The maximum absolute atomic E-state index is 5.95. The SMILES string of the molecule is [CH2-]COc1c2sc3c4c(ccc3c(-c3ccccc3C)c-2cc[c]1=[Ni])N(C)CC[OH+]4.[CH3-]. The van der Waals surface area contributed by atoms with Crippen LogP contribution in [0.2, 0.25) is 0 Å². The number of aromatic hydroxyl groups is 1. The maximum atomic E-state index is 5.95. The number of fused-ring (bicyclic) bond motifs is 4. The van der Waals surface area contributed by atoms with Crippen LogP contribution >= 0.6 is 11.3 Å². The molecule has 0 aromatic heterocycles. The van der Waals surface area contributed by atoms with Crippen LogP contribution in [0.15, 0.2) is 48.5 Å². The molecule has 0 amide bonds. The Kier molecular flexibility index (Phi) is 6.10. The molecule has 0 unspecified atom stereocenters. The molecule has 0 spiro atoms. The summed E-state index contributed by atoms with van der Waals surface area (Å²) in [5.74, 6) is 1.84. The van der Waals surface area contributed by atoms with Gasteiger partial charge in [0, 0.05) is 0 Å². The third-order valence-electron chi connectivity index (χ3n) is 5.67. The van der Waals surface area contributed by atoms with Crippen LogP contribution in [0.5, 0.6) is 11.5 Å². The molecule has 2 aromatic carbocycles. The number of benzene rings is 3. The van der Waals surface area contributed by atoms with Crippen molar-refractivity contribution in [3.63, 3.8) is 0 Å². The fourth-order valence-electron chi connectivity index (χ4n) is 4.20. The second-order valence-electron chi connectivity index (χ2n) is 7.47. The molecule has 5 heteroatoms. The van der Waals surface area contributed by atoms with E-state index in [4.69, 9.17) is 24.5 Å². The van der Waals surface area contributed by atoms with Gasteiger partial charge in [-0.05, 0) is 0 Å². The Bertz CT molecular complexity index is 1300. The average Bonchev–Trinajstić information content (AvgIpc) is 2.75. The van der Waals surface area contributed by atoms with Crippen LogP contribution in [0.3, 0.4) is 0 Å². The number of likely N-dealkylation sites (N-methyl/N-ethyl adjacent to an activating group) is 1. The summed E-state index contributed by atoms with van der Waals surface area (Å²) in [6.07, 6.45) is 0. The molecule has 0 saturated heterocycles. The number of aryl methyl sites for hydroxylation is 1. The summed E-state index contributed by atoms with van der Waals surface area (Å²) in [6, 6.07) is 17.1. The van der Waals surface area contributed by atoms with E-state index >= 15 is 0 Å². The second-order valence-corrected chi connectivity index (χ2v) is 9.03. The summed E-state index contributed by atoms with van der Waals surface area (Å²) >= 11 is 6.99. The fourth-order valence-corrected chi connectivity index (χ4v) is 5.84. The van der Waals surface area contributed by atoms with Gasteiger partial charge in [0.2, 0.25) is 0 Å². The van der Waals surface area contributed by atoms with Crippen molar-refractivity contribution in [2.24, 2.45) is 0 Å². The standard InChI is InChI=1S/C25H22NO2S.CH3.Ni/c1-4-27-21-11-7-10-18-22(17-9-6-5-8-16(17)2)19-12-13-20-23(25(19)29-24(18)21)28-15-14-26(20)3;;/h5-10,12-13H,1,4,14-15H2,2-3H3;1H3;/q2*-1;/p+1. The second kappa shape index (κ2) is 8.65. The first-order valence-electron chi connectivity index (χ1n) is 9.98. The summed E-state index contributed by atoms with van der Waals surface area (Å²) in [7, 11) is 2.13. The van der Waals surface area contributed by atoms with Gasteiger partial charge in [-0.1, -0.05) is 0 Å². The van der Waals surface area contributed by atoms with E-state index in [1.165, 1.54) is 32.5 Å². The number of aliphatic hydroxyl groups is 1. The van der Waals surface area contributed by atoms with Crippen molar-refractivity contribution in [1.29, 1.82) is 0 Å². The van der Waals surface area contributed by atoms with Crippen molar-refractivity contribution >= 4 is 27.1 Å². The predicted octanol–water partition coefficient (Wildman–Crippen LogP) is 6.41. The zero-order valence-corrected chi connectivity index (χ0v) is 19.8. The van der Waals surface area contributed by atoms with Gasteiger partial charge in [-0.3, -0.25) is 0 Å². The number of anilines is 1. The molecule has 5 rings (SSSR count). The zero-order chi connectivity index (χ0) is 20.8. The van der Waals surface area contributed by atoms with Gasteiger partial charge in [0.25, 0.3) is 0 Å². The van der Waals surface area contributed by atoms with Crippen molar-refractivity contribution in [2.75, 3.05) is 31.7 Å². The van der Waals surface area contributed by atoms with Gasteiger partial charge in [0.1, 0.15) is 0 Å². The van der Waals surface area contributed by atoms with Gasteiger partial charge in [-0.15, -0.1) is 0 Å². The van der Waals surface area contributed by atoms with E-state index in [2.05, 4.69) is 68.3 Å². The molecule has 3 aliphatic rings. The fraction of sp³-hybridized carbons (Fsp3) is 0.192. The van der Waals surface area contributed by atoms with E-state index in [1.54, 1.807) is 11.3 Å². The molecule has 0 bridgehead atoms. The van der Waals surface area contributed by atoms with E-state index in [1.807, 2.05) is 6.07 Å². The van der Waals surface area contributed by atoms with Crippen LogP contribution in [0.1, 0.15) is 5.56 Å². The molecule has 164 valence electrons. The number of ether oxygens (including phenoxy) is 2. The van der Waals surface area contributed by atoms with Crippen LogP contribution in [-0.2, 0) is 15.0 Å². The van der Waals surface area contributed by atoms with Crippen molar-refractivity contribution in [2.45, 2.75) is 6.92 Å². The maximum Gasteiger partial charge on any atom is -0.358 e. The molecule has 1 aliphatic carbocycles. The van der Waals surface area contributed by atoms with Crippen LogP contribution in [0.4, 0.5) is 5.69 Å². The number of hydrogen-bond acceptors (Lipinski definition) is 3. The summed E-state index contributed by atoms with van der Waals surface area (Å²) < 4.78 is 12.8. The first-order chi connectivity index (χ1) is 14.6. The summed E-state index contributed by atoms with van der Waals surface area (Å²) in [5, 5.41) is 1.22. The van der Waals surface area contributed by atoms with Gasteiger partial charge >= 0.3 is 188 Å². The summed E-state index contributed by atoms with van der Waals surface area (Å²) in [5.41, 5.74) is 6.03. The third-order valence-corrected chi connectivity index (χ3v) is 7.29. The van der Waals surface area contributed by atoms with Gasteiger partial charge in [-0.25, -0.2) is 0 Å². The van der Waals surface area contributed by atoms with Gasteiger partial charge in [0.15, 0.2) is 0 Å². The molecule has 2 heterocycles. The summed E-state index contributed by atoms with van der Waals surface area (Å²) in [4.78, 5) is 3.36. The summed E-state index contributed by atoms with van der Waals surface area (Å²) in [6.45, 7) is 8.14. The molecule has 3 nitrogen and oxygen atoms in total. The number of nitrogens with zero attached hydrogens (tertiary/aromatic N) is 1. The Labute approximate surface area is 195 Å². The van der Waals surface area contributed by atoms with Gasteiger partial charge < -0.3 is 7.43 Å². The van der Waals surface area contributed by atoms with Crippen molar-refractivity contribution in [1.82, 2.24) is 0 Å². The minimum Gasteiger partial charge on any atom is -0.358 e. The largest absolute Gasteiger partial charge is 0.358 e. The molecule has 0 atom stereocenters. The van der Waals surface area contributed by atoms with Crippen LogP contribution in [-0.4, -0.2) is 31.5 Å². The Morgan fingerprint density at radius 3 is 2.71 bits per heavy atom. The van der Waals surface area contributed by atoms with Crippen LogP contribution in [0, 0.1) is 25.4 Å². The average molecular weight is 475 g/mol. The zero-order valence-electron chi connectivity index (χ0n) is 18.0. The Balaban J connectivity index is 0.00000231. The Morgan fingerprint density at radius 2 is 1.94 bits per heavy atom. The minimum atomic E-state index is 0. The quantitative estimate of drug-likeness (QED) is 0.148. The van der Waals surface area contributed by atoms with Gasteiger partial charge in [0.05, 0.1) is 0 Å². The normalized spacial score (nSPS) is 13.0. The molecule has 0 radical (unpaired) electrons. The van der Waals surface area contributed by atoms with Crippen LogP contribution < -0.4 is 9.64 Å². The first kappa shape index (κ1) is 21.9. The predicted molar refractivity (Wildman–Crippen MR) is 129 cm³/mol. The van der Waals surface area contributed by atoms with E-state index in [-0.39, 0.29) is 7.43 Å². The van der Waals surface area contributed by atoms with E-state index in [0.717, 1.165) is 39.2 Å². The monoisotopic (exact) mass is 474 g/mol. The topological polar surface area (TPSA) is 25.3 Å². The molecular formula is C26H26NNiO2S-. The van der Waals surface area contributed by atoms with Crippen molar-refractivity contribution < 1.29 is 24.5 Å². The van der Waals surface area contributed by atoms with Crippen molar-refractivity contribution in [3.05, 3.63) is 72.6 Å². The number of hydrogen-bond donors (Lipinski definition) is 0. The third kappa shape index (κ3) is 3.54. The minimum absolute atomic E-state index is 0.